The fourth-order valence-electron chi connectivity index (χ4n) is 2.69. The highest BCUT2D eigenvalue weighted by atomic mass is 32.2. The van der Waals surface area contributed by atoms with E-state index in [0.29, 0.717) is 6.42 Å². The quantitative estimate of drug-likeness (QED) is 0.656. The normalized spacial score (nSPS) is 20.3. The monoisotopic (exact) mass is 329 g/mol. The first-order valence-electron chi connectivity index (χ1n) is 7.18. The molecule has 2 N–H and O–H groups in total. The largest absolute Gasteiger partial charge is 0.361 e. The number of nitriles is 1. The van der Waals surface area contributed by atoms with Gasteiger partial charge in [0.25, 0.3) is 5.91 Å². The number of nitrogens with one attached hydrogen (secondary N) is 2. The van der Waals surface area contributed by atoms with Gasteiger partial charge in [-0.05, 0) is 18.6 Å². The van der Waals surface area contributed by atoms with Crippen molar-refractivity contribution in [3.05, 3.63) is 41.6 Å². The smallest absolute Gasteiger partial charge is 0.262 e. The van der Waals surface area contributed by atoms with Crippen LogP contribution in [0.4, 0.5) is 0 Å². The van der Waals surface area contributed by atoms with Gasteiger partial charge in [-0.3, -0.25) is 4.79 Å². The van der Waals surface area contributed by atoms with Crippen molar-refractivity contribution in [1.29, 1.82) is 5.26 Å². The molecule has 0 radical (unpaired) electrons. The Morgan fingerprint density at radius 3 is 2.87 bits per heavy atom. The van der Waals surface area contributed by atoms with E-state index in [2.05, 4.69) is 10.3 Å². The molecule has 0 bridgehead atoms. The maximum Gasteiger partial charge on any atom is 0.262 e. The van der Waals surface area contributed by atoms with Gasteiger partial charge in [0.1, 0.15) is 11.6 Å². The third kappa shape index (κ3) is 3.27. The molecule has 3 rings (SSSR count). The van der Waals surface area contributed by atoms with Crippen molar-refractivity contribution in [3.63, 3.8) is 0 Å². The average Bonchev–Trinajstić information content (AvgIpc) is 3.08. The Hall–Kier alpha value is -2.59. The summed E-state index contributed by atoms with van der Waals surface area (Å²) >= 11 is 0. The number of para-hydroxylation sites is 1. The number of nitrogens with zero attached hydrogens (tertiary/aromatic N) is 1. The summed E-state index contributed by atoms with van der Waals surface area (Å²) in [6.07, 6.45) is 3.63. The Kier molecular flexibility index (Phi) is 3.92. The molecule has 1 aliphatic heterocycles. The molecule has 2 heterocycles. The highest BCUT2D eigenvalue weighted by molar-refractivity contribution is 7.91. The summed E-state index contributed by atoms with van der Waals surface area (Å²) in [5.74, 6) is -0.531. The lowest BCUT2D eigenvalue weighted by atomic mass is 10.1. The fourth-order valence-corrected chi connectivity index (χ4v) is 4.36. The van der Waals surface area contributed by atoms with Crippen LogP contribution in [0.15, 0.2) is 36.0 Å². The number of amides is 1. The third-order valence-electron chi connectivity index (χ3n) is 3.85. The average molecular weight is 329 g/mol. The van der Waals surface area contributed by atoms with Gasteiger partial charge in [0.15, 0.2) is 9.84 Å². The van der Waals surface area contributed by atoms with Gasteiger partial charge < -0.3 is 10.3 Å². The Morgan fingerprint density at radius 2 is 2.17 bits per heavy atom. The Morgan fingerprint density at radius 1 is 1.39 bits per heavy atom. The lowest BCUT2D eigenvalue weighted by molar-refractivity contribution is -0.117. The van der Waals surface area contributed by atoms with Crippen molar-refractivity contribution >= 4 is 32.7 Å². The number of benzene rings is 1. The predicted octanol–water partition coefficient (Wildman–Crippen LogP) is 1.38. The molecule has 1 aromatic heterocycles. The molecule has 7 heteroatoms. The van der Waals surface area contributed by atoms with Crippen molar-refractivity contribution in [2.75, 3.05) is 11.5 Å². The van der Waals surface area contributed by atoms with E-state index in [-0.39, 0.29) is 17.1 Å². The number of sulfone groups is 1. The molecular formula is C16H15N3O3S. The molecule has 6 nitrogen and oxygen atoms in total. The first-order chi connectivity index (χ1) is 11.0. The van der Waals surface area contributed by atoms with Crippen LogP contribution >= 0.6 is 0 Å². The standard InChI is InChI=1S/C16H15N3O3S/c17-8-11(16(20)19-13-5-6-23(21,22)10-13)7-12-9-18-15-4-2-1-3-14(12)15/h1-4,7,9,13,18H,5-6,10H2,(H,19,20)/b11-7+/t13-/m1/s1. The SMILES string of the molecule is N#C/C(=C\c1c[nH]c2ccccc12)C(=O)N[C@@H]1CCS(=O)(=O)C1. The highest BCUT2D eigenvalue weighted by Gasteiger charge is 2.29. The van der Waals surface area contributed by atoms with Crippen molar-refractivity contribution in [2.24, 2.45) is 0 Å². The first-order valence-corrected chi connectivity index (χ1v) is 9.00. The van der Waals surface area contributed by atoms with E-state index >= 15 is 0 Å². The molecule has 1 amide bonds. The van der Waals surface area contributed by atoms with Gasteiger partial charge in [-0.25, -0.2) is 8.42 Å². The summed E-state index contributed by atoms with van der Waals surface area (Å²) in [6, 6.07) is 9.03. The summed E-state index contributed by atoms with van der Waals surface area (Å²) in [4.78, 5) is 15.3. The van der Waals surface area contributed by atoms with Gasteiger partial charge in [0.2, 0.25) is 0 Å². The molecule has 1 aromatic carbocycles. The topological polar surface area (TPSA) is 103 Å². The van der Waals surface area contributed by atoms with Gasteiger partial charge in [-0.15, -0.1) is 0 Å². The number of H-pyrrole nitrogens is 1. The van der Waals surface area contributed by atoms with Gasteiger partial charge in [0.05, 0.1) is 11.5 Å². The molecule has 1 atom stereocenters. The maximum absolute atomic E-state index is 12.2. The lowest BCUT2D eigenvalue weighted by Gasteiger charge is -2.09. The molecule has 1 aliphatic rings. The van der Waals surface area contributed by atoms with Crippen molar-refractivity contribution in [3.8, 4) is 6.07 Å². The second-order valence-electron chi connectivity index (χ2n) is 5.53. The van der Waals surface area contributed by atoms with Crippen molar-refractivity contribution in [1.82, 2.24) is 10.3 Å². The number of aromatic amines is 1. The maximum atomic E-state index is 12.2. The molecule has 0 spiro atoms. The number of carbonyl (C=O) groups excluding carboxylic acids is 1. The van der Waals surface area contributed by atoms with E-state index in [1.807, 2.05) is 30.3 Å². The highest BCUT2D eigenvalue weighted by Crippen LogP contribution is 2.20. The molecule has 1 saturated heterocycles. The Labute approximate surface area is 133 Å². The number of rotatable bonds is 3. The van der Waals surface area contributed by atoms with Gasteiger partial charge >= 0.3 is 0 Å². The van der Waals surface area contributed by atoms with Crippen molar-refractivity contribution < 1.29 is 13.2 Å². The van der Waals surface area contributed by atoms with Crippen LogP contribution in [0.25, 0.3) is 17.0 Å². The molecule has 1 fully saturated rings. The van der Waals surface area contributed by atoms with E-state index in [4.69, 9.17) is 0 Å². The molecule has 2 aromatic rings. The van der Waals surface area contributed by atoms with Gasteiger partial charge in [-0.1, -0.05) is 18.2 Å². The zero-order valence-electron chi connectivity index (χ0n) is 12.2. The molecule has 0 saturated carbocycles. The predicted molar refractivity (Wildman–Crippen MR) is 87.1 cm³/mol. The van der Waals surface area contributed by atoms with Crippen LogP contribution in [-0.2, 0) is 14.6 Å². The summed E-state index contributed by atoms with van der Waals surface area (Å²) in [6.45, 7) is 0. The minimum Gasteiger partial charge on any atom is -0.361 e. The number of aromatic nitrogens is 1. The van der Waals surface area contributed by atoms with Crippen LogP contribution in [0, 0.1) is 11.3 Å². The molecule has 23 heavy (non-hydrogen) atoms. The van der Waals surface area contributed by atoms with Crippen LogP contribution in [0.1, 0.15) is 12.0 Å². The van der Waals surface area contributed by atoms with Crippen LogP contribution in [0.3, 0.4) is 0 Å². The summed E-state index contributed by atoms with van der Waals surface area (Å²) in [5.41, 5.74) is 1.61. The Balaban J connectivity index is 1.82. The first kappa shape index (κ1) is 15.3. The Bertz CT molecular complexity index is 935. The van der Waals surface area contributed by atoms with Crippen molar-refractivity contribution in [2.45, 2.75) is 12.5 Å². The third-order valence-corrected chi connectivity index (χ3v) is 5.62. The minimum absolute atomic E-state index is 0.0425. The van der Waals surface area contributed by atoms with E-state index in [0.717, 1.165) is 16.5 Å². The second-order valence-corrected chi connectivity index (χ2v) is 7.76. The fraction of sp³-hybridized carbons (Fsp3) is 0.250. The van der Waals surface area contributed by atoms with Crippen LogP contribution in [-0.4, -0.2) is 36.9 Å². The minimum atomic E-state index is -3.07. The van der Waals surface area contributed by atoms with Crippen LogP contribution < -0.4 is 5.32 Å². The molecule has 0 aliphatic carbocycles. The number of carbonyl (C=O) groups is 1. The zero-order chi connectivity index (χ0) is 16.4. The van der Waals surface area contributed by atoms with Crippen LogP contribution in [0.5, 0.6) is 0 Å². The van der Waals surface area contributed by atoms with E-state index in [1.165, 1.54) is 6.08 Å². The second kappa shape index (κ2) is 5.89. The lowest BCUT2D eigenvalue weighted by Crippen LogP contribution is -2.36. The molecule has 118 valence electrons. The number of fused-ring (bicyclic) bond motifs is 1. The molecule has 0 unspecified atom stereocenters. The molecular weight excluding hydrogens is 314 g/mol. The summed E-state index contributed by atoms with van der Waals surface area (Å²) in [7, 11) is -3.07. The van der Waals surface area contributed by atoms with E-state index in [1.54, 1.807) is 6.20 Å². The number of hydrogen-bond acceptors (Lipinski definition) is 4. The van der Waals surface area contributed by atoms with E-state index in [9.17, 15) is 18.5 Å². The number of hydrogen-bond donors (Lipinski definition) is 2. The van der Waals surface area contributed by atoms with E-state index < -0.39 is 21.8 Å². The van der Waals surface area contributed by atoms with Gasteiger partial charge in [0, 0.05) is 28.7 Å². The van der Waals surface area contributed by atoms with Crippen LogP contribution in [0.2, 0.25) is 0 Å². The summed E-state index contributed by atoms with van der Waals surface area (Å²) < 4.78 is 22.9. The zero-order valence-corrected chi connectivity index (χ0v) is 13.1. The summed E-state index contributed by atoms with van der Waals surface area (Å²) in [5, 5.41) is 12.8. The van der Waals surface area contributed by atoms with Gasteiger partial charge in [-0.2, -0.15) is 5.26 Å².